The first-order valence-corrected chi connectivity index (χ1v) is 12.1. The lowest BCUT2D eigenvalue weighted by Gasteiger charge is -2.32. The van der Waals surface area contributed by atoms with E-state index < -0.39 is 6.36 Å². The molecule has 0 aliphatic carbocycles. The molecule has 198 valence electrons. The molecule has 5 rings (SSSR count). The summed E-state index contributed by atoms with van der Waals surface area (Å²) in [7, 11) is 0. The fourth-order valence-electron chi connectivity index (χ4n) is 4.46. The quantitative estimate of drug-likeness (QED) is 0.293. The topological polar surface area (TPSA) is 94.5 Å². The molecule has 1 saturated heterocycles. The molecule has 1 aliphatic heterocycles. The molecule has 9 nitrogen and oxygen atoms in total. The molecule has 0 bridgehead atoms. The van der Waals surface area contributed by atoms with Crippen molar-refractivity contribution in [3.05, 3.63) is 59.9 Å². The largest absolute Gasteiger partial charge is 0.573 e. The van der Waals surface area contributed by atoms with Gasteiger partial charge in [0.2, 0.25) is 5.82 Å². The molecule has 3 aromatic heterocycles. The van der Waals surface area contributed by atoms with Gasteiger partial charge in [-0.3, -0.25) is 4.68 Å². The summed E-state index contributed by atoms with van der Waals surface area (Å²) in [6.07, 6.45) is -0.790. The minimum Gasteiger partial charge on any atom is -0.406 e. The maximum absolute atomic E-state index is 12.4. The molecule has 0 spiro atoms. The number of aliphatic imine (C=N–C) groups is 1. The van der Waals surface area contributed by atoms with Gasteiger partial charge >= 0.3 is 6.36 Å². The SMILES string of the molecule is C=NCC1CCN(c2cc(Cn3nc(-c4nc(-c5ccc(OC(F)(F)F)cc5)no4)cc3C)ccn2)CC1. The summed E-state index contributed by atoms with van der Waals surface area (Å²) in [5.74, 6) is 1.66. The van der Waals surface area contributed by atoms with E-state index in [9.17, 15) is 13.2 Å². The average molecular weight is 526 g/mol. The smallest absolute Gasteiger partial charge is 0.406 e. The predicted molar refractivity (Wildman–Crippen MR) is 135 cm³/mol. The molecule has 1 fully saturated rings. The van der Waals surface area contributed by atoms with Crippen LogP contribution in [0.2, 0.25) is 0 Å². The van der Waals surface area contributed by atoms with Crippen LogP contribution in [0.4, 0.5) is 19.0 Å². The Balaban J connectivity index is 1.26. The van der Waals surface area contributed by atoms with Crippen molar-refractivity contribution in [2.45, 2.75) is 32.7 Å². The molecule has 1 aliphatic rings. The minimum absolute atomic E-state index is 0.213. The number of halogens is 3. The van der Waals surface area contributed by atoms with Crippen molar-refractivity contribution in [1.82, 2.24) is 24.9 Å². The highest BCUT2D eigenvalue weighted by atomic mass is 19.4. The van der Waals surface area contributed by atoms with Gasteiger partial charge in [0.1, 0.15) is 11.6 Å². The molecule has 0 radical (unpaired) electrons. The Morgan fingerprint density at radius 1 is 1.13 bits per heavy atom. The van der Waals surface area contributed by atoms with Gasteiger partial charge in [-0.15, -0.1) is 13.2 Å². The van der Waals surface area contributed by atoms with Gasteiger partial charge in [-0.25, -0.2) is 4.98 Å². The highest BCUT2D eigenvalue weighted by Crippen LogP contribution is 2.27. The number of alkyl halides is 3. The molecular weight excluding hydrogens is 499 g/mol. The standard InChI is InChI=1S/C26H26F3N7O2/c1-17-13-22(25-32-24(34-38-25)20-3-5-21(6-4-20)37-26(27,28)29)33-36(17)16-19-7-10-31-23(14-19)35-11-8-18(9-12-35)15-30-2/h3-7,10,13-14,18H,2,8-9,11-12,15-16H2,1H3. The van der Waals surface area contributed by atoms with Gasteiger partial charge in [0, 0.05) is 37.1 Å². The lowest BCUT2D eigenvalue weighted by atomic mass is 9.97. The Morgan fingerprint density at radius 3 is 2.61 bits per heavy atom. The molecule has 0 saturated carbocycles. The van der Waals surface area contributed by atoms with Crippen LogP contribution in [0.15, 0.2) is 58.2 Å². The van der Waals surface area contributed by atoms with Crippen molar-refractivity contribution in [1.29, 1.82) is 0 Å². The zero-order chi connectivity index (χ0) is 26.7. The Hall–Kier alpha value is -4.22. The van der Waals surface area contributed by atoms with E-state index in [2.05, 4.69) is 47.6 Å². The third-order valence-electron chi connectivity index (χ3n) is 6.44. The molecule has 4 aromatic rings. The van der Waals surface area contributed by atoms with Crippen molar-refractivity contribution < 1.29 is 22.4 Å². The zero-order valence-corrected chi connectivity index (χ0v) is 20.7. The number of rotatable bonds is 8. The van der Waals surface area contributed by atoms with Gasteiger partial charge in [-0.2, -0.15) is 10.1 Å². The maximum Gasteiger partial charge on any atom is 0.573 e. The zero-order valence-electron chi connectivity index (χ0n) is 20.7. The van der Waals surface area contributed by atoms with E-state index in [1.807, 2.05) is 29.9 Å². The number of aromatic nitrogens is 5. The van der Waals surface area contributed by atoms with Crippen LogP contribution in [-0.4, -0.2) is 57.6 Å². The summed E-state index contributed by atoms with van der Waals surface area (Å²) >= 11 is 0. The molecule has 12 heteroatoms. The van der Waals surface area contributed by atoms with Crippen LogP contribution >= 0.6 is 0 Å². The molecular formula is C26H26F3N7O2. The van der Waals surface area contributed by atoms with E-state index >= 15 is 0 Å². The normalized spacial score (nSPS) is 14.6. The van der Waals surface area contributed by atoms with Gasteiger partial charge in [-0.1, -0.05) is 5.16 Å². The van der Waals surface area contributed by atoms with Crippen LogP contribution in [0.25, 0.3) is 23.0 Å². The first-order chi connectivity index (χ1) is 18.3. The van der Waals surface area contributed by atoms with E-state index in [0.29, 0.717) is 23.7 Å². The number of piperidine rings is 1. The number of ether oxygens (including phenoxy) is 1. The number of benzene rings is 1. The van der Waals surface area contributed by atoms with Gasteiger partial charge < -0.3 is 19.2 Å². The number of nitrogens with zero attached hydrogens (tertiary/aromatic N) is 7. The van der Waals surface area contributed by atoms with Crippen molar-refractivity contribution in [3.8, 4) is 28.7 Å². The highest BCUT2D eigenvalue weighted by Gasteiger charge is 2.31. The van der Waals surface area contributed by atoms with Crippen molar-refractivity contribution in [2.24, 2.45) is 10.9 Å². The van der Waals surface area contributed by atoms with E-state index in [1.54, 1.807) is 0 Å². The van der Waals surface area contributed by atoms with E-state index in [1.165, 1.54) is 24.3 Å². The Kier molecular flexibility index (Phi) is 7.12. The summed E-state index contributed by atoms with van der Waals surface area (Å²) in [6.45, 7) is 8.79. The van der Waals surface area contributed by atoms with Gasteiger partial charge in [0.15, 0.2) is 5.69 Å². The molecule has 4 heterocycles. The van der Waals surface area contributed by atoms with Crippen LogP contribution in [-0.2, 0) is 6.54 Å². The number of pyridine rings is 1. The summed E-state index contributed by atoms with van der Waals surface area (Å²) in [4.78, 5) is 15.3. The number of anilines is 1. The van der Waals surface area contributed by atoms with Crippen LogP contribution in [0.5, 0.6) is 5.75 Å². The van der Waals surface area contributed by atoms with E-state index in [-0.39, 0.29) is 17.5 Å². The lowest BCUT2D eigenvalue weighted by Crippen LogP contribution is -2.35. The molecule has 0 N–H and O–H groups in total. The van der Waals surface area contributed by atoms with E-state index in [4.69, 9.17) is 4.52 Å². The van der Waals surface area contributed by atoms with Crippen molar-refractivity contribution in [2.75, 3.05) is 24.5 Å². The molecule has 0 amide bonds. The van der Waals surface area contributed by atoms with Crippen LogP contribution in [0.1, 0.15) is 24.1 Å². The van der Waals surface area contributed by atoms with Crippen molar-refractivity contribution in [3.63, 3.8) is 0 Å². The Bertz CT molecular complexity index is 1390. The van der Waals surface area contributed by atoms with Gasteiger partial charge in [0.25, 0.3) is 5.89 Å². The summed E-state index contributed by atoms with van der Waals surface area (Å²) in [6, 6.07) is 11.2. The monoisotopic (exact) mass is 525 g/mol. The molecule has 1 aromatic carbocycles. The summed E-state index contributed by atoms with van der Waals surface area (Å²) in [5, 5.41) is 8.58. The fourth-order valence-corrected chi connectivity index (χ4v) is 4.46. The minimum atomic E-state index is -4.75. The average Bonchev–Trinajstić information content (AvgIpc) is 3.52. The molecule has 0 atom stereocenters. The van der Waals surface area contributed by atoms with Crippen LogP contribution < -0.4 is 9.64 Å². The second kappa shape index (κ2) is 10.6. The number of hydrogen-bond donors (Lipinski definition) is 0. The van der Waals surface area contributed by atoms with Crippen LogP contribution in [0.3, 0.4) is 0 Å². The summed E-state index contributed by atoms with van der Waals surface area (Å²) in [5.41, 5.74) is 2.96. The van der Waals surface area contributed by atoms with Gasteiger partial charge in [-0.05, 0) is 80.4 Å². The van der Waals surface area contributed by atoms with E-state index in [0.717, 1.165) is 49.6 Å². The fraction of sp³-hybridized carbons (Fsp3) is 0.346. The van der Waals surface area contributed by atoms with Crippen LogP contribution in [0, 0.1) is 12.8 Å². The number of aryl methyl sites for hydroxylation is 1. The first-order valence-electron chi connectivity index (χ1n) is 12.1. The second-order valence-electron chi connectivity index (χ2n) is 9.18. The highest BCUT2D eigenvalue weighted by molar-refractivity contribution is 5.59. The molecule has 0 unspecified atom stereocenters. The molecule has 38 heavy (non-hydrogen) atoms. The Labute approximate surface area is 217 Å². The lowest BCUT2D eigenvalue weighted by molar-refractivity contribution is -0.274. The third kappa shape index (κ3) is 6.01. The Morgan fingerprint density at radius 2 is 1.89 bits per heavy atom. The first kappa shape index (κ1) is 25.4. The predicted octanol–water partition coefficient (Wildman–Crippen LogP) is 5.17. The summed E-state index contributed by atoms with van der Waals surface area (Å²) < 4.78 is 48.3. The second-order valence-corrected chi connectivity index (χ2v) is 9.18. The number of hydrogen-bond acceptors (Lipinski definition) is 8. The van der Waals surface area contributed by atoms with Gasteiger partial charge in [0.05, 0.1) is 6.54 Å². The third-order valence-corrected chi connectivity index (χ3v) is 6.44. The van der Waals surface area contributed by atoms with Crippen molar-refractivity contribution >= 4 is 12.5 Å². The maximum atomic E-state index is 12.4.